The molecule has 3 atom stereocenters. The topological polar surface area (TPSA) is 82.6 Å². The molecule has 1 aliphatic heterocycles. The molecule has 2 heterocycles. The second kappa shape index (κ2) is 8.74. The summed E-state index contributed by atoms with van der Waals surface area (Å²) in [6.07, 6.45) is 1.18. The third-order valence-electron chi connectivity index (χ3n) is 7.30. The maximum atomic E-state index is 12.5. The molecule has 1 fully saturated rings. The molecule has 0 radical (unpaired) electrons. The maximum absolute atomic E-state index is 12.5. The zero-order chi connectivity index (χ0) is 24.0. The first-order valence-electron chi connectivity index (χ1n) is 11.1. The van der Waals surface area contributed by atoms with Crippen molar-refractivity contribution in [3.05, 3.63) is 32.6 Å². The van der Waals surface area contributed by atoms with Crippen LogP contribution in [0.3, 0.4) is 0 Å². The number of aryl methyl sites for hydroxylation is 1. The van der Waals surface area contributed by atoms with E-state index in [0.29, 0.717) is 18.6 Å². The first-order valence-corrected chi connectivity index (χ1v) is 17.0. The van der Waals surface area contributed by atoms with Gasteiger partial charge in [0.05, 0.1) is 12.7 Å². The van der Waals surface area contributed by atoms with E-state index in [2.05, 4.69) is 72.7 Å². The fourth-order valence-corrected chi connectivity index (χ4v) is 5.38. The van der Waals surface area contributed by atoms with E-state index in [9.17, 15) is 9.59 Å². The molecule has 0 spiro atoms. The normalized spacial score (nSPS) is 23.4. The third kappa shape index (κ3) is 5.87. The molecular formula is C22H42N2O5Si2. The maximum Gasteiger partial charge on any atom is 0.330 e. The van der Waals surface area contributed by atoms with Gasteiger partial charge in [0.2, 0.25) is 0 Å². The van der Waals surface area contributed by atoms with E-state index in [1.54, 1.807) is 13.1 Å². The van der Waals surface area contributed by atoms with Crippen LogP contribution >= 0.6 is 0 Å². The zero-order valence-electron chi connectivity index (χ0n) is 21.2. The van der Waals surface area contributed by atoms with E-state index >= 15 is 0 Å². The quantitative estimate of drug-likeness (QED) is 0.617. The number of aromatic nitrogens is 2. The van der Waals surface area contributed by atoms with E-state index in [1.807, 2.05) is 0 Å². The average Bonchev–Trinajstić information content (AvgIpc) is 2.96. The summed E-state index contributed by atoms with van der Waals surface area (Å²) >= 11 is 0. The van der Waals surface area contributed by atoms with E-state index in [0.717, 1.165) is 0 Å². The van der Waals surface area contributed by atoms with Crippen LogP contribution in [-0.4, -0.2) is 45.0 Å². The number of rotatable bonds is 6. The predicted molar refractivity (Wildman–Crippen MR) is 130 cm³/mol. The van der Waals surface area contributed by atoms with Crippen molar-refractivity contribution in [3.8, 4) is 0 Å². The molecule has 0 aromatic carbocycles. The van der Waals surface area contributed by atoms with Gasteiger partial charge in [-0.25, -0.2) is 4.79 Å². The monoisotopic (exact) mass is 470 g/mol. The van der Waals surface area contributed by atoms with Crippen molar-refractivity contribution in [2.45, 2.75) is 110 Å². The Kier molecular flexibility index (Phi) is 7.40. The molecule has 0 bridgehead atoms. The molecule has 1 unspecified atom stereocenters. The Balaban J connectivity index is 2.32. The number of hydrogen-bond acceptors (Lipinski definition) is 5. The second-order valence-corrected chi connectivity index (χ2v) is 21.4. The Hall–Kier alpha value is -1.01. The highest BCUT2D eigenvalue weighted by molar-refractivity contribution is 6.74. The van der Waals surface area contributed by atoms with Gasteiger partial charge in [0, 0.05) is 18.2 Å². The van der Waals surface area contributed by atoms with Crippen LogP contribution in [0.4, 0.5) is 0 Å². The van der Waals surface area contributed by atoms with Crippen LogP contribution in [0.2, 0.25) is 36.3 Å². The summed E-state index contributed by atoms with van der Waals surface area (Å²) in [5, 5.41) is 0.148. The van der Waals surface area contributed by atoms with Gasteiger partial charge in [0.1, 0.15) is 12.3 Å². The summed E-state index contributed by atoms with van der Waals surface area (Å²) < 4.78 is 21.0. The molecule has 1 saturated heterocycles. The summed E-state index contributed by atoms with van der Waals surface area (Å²) in [4.78, 5) is 26.6. The molecule has 2 rings (SSSR count). The fraction of sp³-hybridized carbons (Fsp3) is 0.818. The summed E-state index contributed by atoms with van der Waals surface area (Å²) in [5.41, 5.74) is -0.352. The first kappa shape index (κ1) is 26.2. The molecule has 1 aromatic heterocycles. The zero-order valence-corrected chi connectivity index (χ0v) is 23.2. The number of ether oxygens (including phenoxy) is 1. The van der Waals surface area contributed by atoms with Crippen molar-refractivity contribution in [2.75, 3.05) is 6.61 Å². The predicted octanol–water partition coefficient (Wildman–Crippen LogP) is 4.54. The van der Waals surface area contributed by atoms with Crippen LogP contribution in [0.5, 0.6) is 0 Å². The molecule has 1 N–H and O–H groups in total. The Labute approximate surface area is 188 Å². The highest BCUT2D eigenvalue weighted by atomic mass is 28.4. The van der Waals surface area contributed by atoms with E-state index < -0.39 is 28.6 Å². The highest BCUT2D eigenvalue weighted by Gasteiger charge is 2.46. The Morgan fingerprint density at radius 2 is 1.61 bits per heavy atom. The van der Waals surface area contributed by atoms with Gasteiger partial charge in [-0.2, -0.15) is 0 Å². The lowest BCUT2D eigenvalue weighted by Gasteiger charge is -2.40. The number of nitrogens with one attached hydrogen (secondary N) is 1. The van der Waals surface area contributed by atoms with E-state index in [4.69, 9.17) is 13.6 Å². The van der Waals surface area contributed by atoms with E-state index in [-0.39, 0.29) is 27.8 Å². The number of nitrogens with zero attached hydrogens (tertiary/aromatic N) is 1. The molecule has 1 aliphatic rings. The molecule has 0 saturated carbocycles. The van der Waals surface area contributed by atoms with E-state index in [1.165, 1.54) is 4.57 Å². The Morgan fingerprint density at radius 1 is 1.06 bits per heavy atom. The number of hydrogen-bond donors (Lipinski definition) is 1. The molecule has 0 aliphatic carbocycles. The summed E-state index contributed by atoms with van der Waals surface area (Å²) in [7, 11) is -4.02. The van der Waals surface area contributed by atoms with Gasteiger partial charge in [-0.1, -0.05) is 41.5 Å². The van der Waals surface area contributed by atoms with Crippen molar-refractivity contribution in [1.29, 1.82) is 0 Å². The Bertz CT molecular complexity index is 893. The lowest BCUT2D eigenvalue weighted by atomic mass is 10.2. The first-order chi connectivity index (χ1) is 13.9. The number of H-pyrrole nitrogens is 1. The van der Waals surface area contributed by atoms with Crippen molar-refractivity contribution >= 4 is 16.6 Å². The van der Waals surface area contributed by atoms with Gasteiger partial charge in [-0.05, 0) is 43.2 Å². The van der Waals surface area contributed by atoms with Gasteiger partial charge in [-0.15, -0.1) is 0 Å². The van der Waals surface area contributed by atoms with Gasteiger partial charge in [-0.3, -0.25) is 14.3 Å². The smallest absolute Gasteiger partial charge is 0.330 e. The van der Waals surface area contributed by atoms with Crippen LogP contribution < -0.4 is 11.2 Å². The molecule has 0 amide bonds. The SMILES string of the molecule is Cc1cn([C@H]2CC(O[Si](C)(C)C(C)(C)C)[C@@H](CO[Si](C)(C)C(C)(C)C)O2)c(=O)[nH]c1=O. The van der Waals surface area contributed by atoms with Crippen LogP contribution in [0.1, 0.15) is 59.8 Å². The molecule has 31 heavy (non-hydrogen) atoms. The highest BCUT2D eigenvalue weighted by Crippen LogP contribution is 2.42. The minimum Gasteiger partial charge on any atom is -0.414 e. The summed E-state index contributed by atoms with van der Waals surface area (Å²) in [5.74, 6) is 0. The lowest BCUT2D eigenvalue weighted by molar-refractivity contribution is -0.0413. The molecule has 7 nitrogen and oxygen atoms in total. The largest absolute Gasteiger partial charge is 0.414 e. The van der Waals surface area contributed by atoms with Gasteiger partial charge in [0.15, 0.2) is 16.6 Å². The Morgan fingerprint density at radius 3 is 2.13 bits per heavy atom. The van der Waals surface area contributed by atoms with Gasteiger partial charge >= 0.3 is 5.69 Å². The van der Waals surface area contributed by atoms with Gasteiger partial charge in [0.25, 0.3) is 5.56 Å². The average molecular weight is 471 g/mol. The summed E-state index contributed by atoms with van der Waals surface area (Å²) in [6.45, 7) is 24.3. The van der Waals surface area contributed by atoms with Crippen molar-refractivity contribution < 1.29 is 13.6 Å². The number of aromatic amines is 1. The summed E-state index contributed by atoms with van der Waals surface area (Å²) in [6, 6.07) is 0. The van der Waals surface area contributed by atoms with Crippen molar-refractivity contribution in [1.82, 2.24) is 9.55 Å². The van der Waals surface area contributed by atoms with Crippen LogP contribution in [-0.2, 0) is 13.6 Å². The second-order valence-electron chi connectivity index (χ2n) is 11.8. The molecular weight excluding hydrogens is 428 g/mol. The minimum atomic E-state index is -2.06. The van der Waals surface area contributed by atoms with Crippen molar-refractivity contribution in [3.63, 3.8) is 0 Å². The molecule has 1 aromatic rings. The fourth-order valence-electron chi connectivity index (χ4n) is 3.01. The van der Waals surface area contributed by atoms with Crippen LogP contribution in [0.15, 0.2) is 15.8 Å². The van der Waals surface area contributed by atoms with Gasteiger partial charge < -0.3 is 13.6 Å². The lowest BCUT2D eigenvalue weighted by Crippen LogP contribution is -2.48. The molecule has 9 heteroatoms. The van der Waals surface area contributed by atoms with Crippen LogP contribution in [0, 0.1) is 6.92 Å². The molecule has 178 valence electrons. The van der Waals surface area contributed by atoms with Crippen LogP contribution in [0.25, 0.3) is 0 Å². The van der Waals surface area contributed by atoms with Crippen molar-refractivity contribution in [2.24, 2.45) is 0 Å². The standard InChI is InChI=1S/C22H42N2O5Si2/c1-15-13-24(20(26)23-19(15)25)18-12-16(29-31(10,11)22(5,6)7)17(28-18)14-27-30(8,9)21(2,3)4/h13,16-18H,12,14H2,1-11H3,(H,23,25,26)/t16?,17-,18-/m1/s1. The third-order valence-corrected chi connectivity index (χ3v) is 16.3. The minimum absolute atomic E-state index is 0.0569.